The fraction of sp³-hybridized carbons (Fsp3) is 0.333. The molecule has 2 heteroatoms. The third-order valence-corrected chi connectivity index (χ3v) is 5.03. The average Bonchev–Trinajstić information content (AvgIpc) is 2.66. The molecule has 0 amide bonds. The first-order valence-corrected chi connectivity index (χ1v) is 10.1. The van der Waals surface area contributed by atoms with E-state index in [0.29, 0.717) is 6.42 Å². The molecule has 154 valence electrons. The SMILES string of the molecule is CC1=C(/C=C/C(C)=C/C=C/C(C)=C/C=C/C=C(C)/C=C/C=O)C(C)(C)CCC1=O. The molecule has 1 rings (SSSR count). The van der Waals surface area contributed by atoms with Crippen molar-refractivity contribution in [2.24, 2.45) is 5.41 Å². The number of carbonyl (C=O) groups is 2. The first-order valence-electron chi connectivity index (χ1n) is 10.1. The average molecular weight is 391 g/mol. The normalized spacial score (nSPS) is 19.5. The number of allylic oxidation sites excluding steroid dienone is 16. The van der Waals surface area contributed by atoms with E-state index in [-0.39, 0.29) is 11.2 Å². The van der Waals surface area contributed by atoms with Crippen LogP contribution in [-0.4, -0.2) is 12.1 Å². The first-order chi connectivity index (χ1) is 13.7. The predicted molar refractivity (Wildman–Crippen MR) is 125 cm³/mol. The highest BCUT2D eigenvalue weighted by atomic mass is 16.1. The van der Waals surface area contributed by atoms with Gasteiger partial charge in [-0.3, -0.25) is 9.59 Å². The second-order valence-electron chi connectivity index (χ2n) is 8.15. The summed E-state index contributed by atoms with van der Waals surface area (Å²) in [4.78, 5) is 22.3. The number of ketones is 1. The molecule has 0 aliphatic heterocycles. The van der Waals surface area contributed by atoms with Crippen LogP contribution in [0.25, 0.3) is 0 Å². The summed E-state index contributed by atoms with van der Waals surface area (Å²) >= 11 is 0. The lowest BCUT2D eigenvalue weighted by Crippen LogP contribution is -2.24. The van der Waals surface area contributed by atoms with Crippen molar-refractivity contribution in [1.82, 2.24) is 0 Å². The van der Waals surface area contributed by atoms with Crippen LogP contribution in [0.3, 0.4) is 0 Å². The number of rotatable bonds is 8. The van der Waals surface area contributed by atoms with Crippen molar-refractivity contribution in [2.75, 3.05) is 0 Å². The lowest BCUT2D eigenvalue weighted by atomic mass is 9.72. The summed E-state index contributed by atoms with van der Waals surface area (Å²) in [5.41, 5.74) is 5.40. The molecule has 0 bridgehead atoms. The first kappa shape index (κ1) is 24.3. The third kappa shape index (κ3) is 8.87. The lowest BCUT2D eigenvalue weighted by Gasteiger charge is -2.32. The summed E-state index contributed by atoms with van der Waals surface area (Å²) in [7, 11) is 0. The van der Waals surface area contributed by atoms with Crippen LogP contribution in [0.1, 0.15) is 54.4 Å². The van der Waals surface area contributed by atoms with E-state index >= 15 is 0 Å². The summed E-state index contributed by atoms with van der Waals surface area (Å²) in [5.74, 6) is 0.268. The van der Waals surface area contributed by atoms with Gasteiger partial charge in [0.2, 0.25) is 0 Å². The van der Waals surface area contributed by atoms with Crippen molar-refractivity contribution < 1.29 is 9.59 Å². The summed E-state index contributed by atoms with van der Waals surface area (Å²) < 4.78 is 0. The Hall–Kier alpha value is -2.74. The molecule has 2 nitrogen and oxygen atoms in total. The predicted octanol–water partition coefficient (Wildman–Crippen LogP) is 6.95. The van der Waals surface area contributed by atoms with Crippen molar-refractivity contribution >= 4 is 12.1 Å². The van der Waals surface area contributed by atoms with E-state index < -0.39 is 0 Å². The minimum absolute atomic E-state index is 0.0477. The minimum Gasteiger partial charge on any atom is -0.299 e. The van der Waals surface area contributed by atoms with E-state index in [2.05, 4.69) is 45.1 Å². The third-order valence-electron chi connectivity index (χ3n) is 5.03. The molecule has 0 radical (unpaired) electrons. The van der Waals surface area contributed by atoms with Crippen molar-refractivity contribution in [1.29, 1.82) is 0 Å². The second kappa shape index (κ2) is 12.0. The molecular weight excluding hydrogens is 356 g/mol. The van der Waals surface area contributed by atoms with Crippen molar-refractivity contribution in [3.8, 4) is 0 Å². The van der Waals surface area contributed by atoms with Gasteiger partial charge in [0.25, 0.3) is 0 Å². The molecule has 0 atom stereocenters. The van der Waals surface area contributed by atoms with Crippen LogP contribution in [0.4, 0.5) is 0 Å². The summed E-state index contributed by atoms with van der Waals surface area (Å²) in [6, 6.07) is 0. The maximum absolute atomic E-state index is 12.0. The van der Waals surface area contributed by atoms with E-state index in [4.69, 9.17) is 0 Å². The second-order valence-corrected chi connectivity index (χ2v) is 8.15. The Labute approximate surface area is 176 Å². The number of hydrogen-bond donors (Lipinski definition) is 0. The Morgan fingerprint density at radius 1 is 0.828 bits per heavy atom. The molecule has 0 saturated heterocycles. The van der Waals surface area contributed by atoms with Crippen LogP contribution >= 0.6 is 0 Å². The van der Waals surface area contributed by atoms with Crippen molar-refractivity contribution in [3.05, 3.63) is 94.7 Å². The van der Waals surface area contributed by atoms with Crippen molar-refractivity contribution in [2.45, 2.75) is 54.4 Å². The molecule has 0 heterocycles. The standard InChI is InChI=1S/C27H34O2/c1-21(11-7-8-12-22(2)15-10-20-28)13-9-14-23(3)16-17-25-24(4)26(29)18-19-27(25,5)6/h7-17,20H,18-19H2,1-6H3/b8-7+,13-9+,15-10+,17-16+,21-11+,22-12+,23-14+. The van der Waals surface area contributed by atoms with Gasteiger partial charge < -0.3 is 0 Å². The zero-order chi connectivity index (χ0) is 21.9. The van der Waals surface area contributed by atoms with E-state index in [1.807, 2.05) is 51.2 Å². The van der Waals surface area contributed by atoms with Gasteiger partial charge in [-0.15, -0.1) is 0 Å². The highest BCUT2D eigenvalue weighted by molar-refractivity contribution is 5.97. The fourth-order valence-electron chi connectivity index (χ4n) is 3.10. The van der Waals surface area contributed by atoms with E-state index in [1.165, 1.54) is 6.08 Å². The quantitative estimate of drug-likeness (QED) is 0.255. The molecule has 0 aromatic rings. The van der Waals surface area contributed by atoms with Gasteiger partial charge in [0.15, 0.2) is 5.78 Å². The summed E-state index contributed by atoms with van der Waals surface area (Å²) in [6.45, 7) is 12.4. The van der Waals surface area contributed by atoms with Crippen LogP contribution in [0.15, 0.2) is 94.7 Å². The summed E-state index contributed by atoms with van der Waals surface area (Å²) in [5, 5.41) is 0. The Bertz CT molecular complexity index is 847. The van der Waals surface area contributed by atoms with Gasteiger partial charge >= 0.3 is 0 Å². The van der Waals surface area contributed by atoms with Crippen LogP contribution in [0.2, 0.25) is 0 Å². The zero-order valence-corrected chi connectivity index (χ0v) is 18.7. The number of Topliss-reactive ketones (excluding diaryl/α,β-unsaturated/α-hetero) is 1. The monoisotopic (exact) mass is 390 g/mol. The lowest BCUT2D eigenvalue weighted by molar-refractivity contribution is -0.116. The molecule has 0 fully saturated rings. The highest BCUT2D eigenvalue weighted by Crippen LogP contribution is 2.39. The molecule has 0 spiro atoms. The molecule has 29 heavy (non-hydrogen) atoms. The van der Waals surface area contributed by atoms with Gasteiger partial charge in [0.05, 0.1) is 0 Å². The van der Waals surface area contributed by atoms with Gasteiger partial charge in [0, 0.05) is 6.42 Å². The van der Waals surface area contributed by atoms with E-state index in [0.717, 1.165) is 40.6 Å². The van der Waals surface area contributed by atoms with E-state index in [9.17, 15) is 9.59 Å². The van der Waals surface area contributed by atoms with Gasteiger partial charge in [-0.2, -0.15) is 0 Å². The van der Waals surface area contributed by atoms with Crippen LogP contribution in [0, 0.1) is 5.41 Å². The molecule has 0 aromatic carbocycles. The van der Waals surface area contributed by atoms with Gasteiger partial charge in [-0.1, -0.05) is 91.3 Å². The molecule has 0 unspecified atom stereocenters. The molecule has 0 N–H and O–H groups in total. The number of carbonyl (C=O) groups excluding carboxylic acids is 2. The van der Waals surface area contributed by atoms with Crippen LogP contribution in [-0.2, 0) is 9.59 Å². The van der Waals surface area contributed by atoms with Crippen LogP contribution in [0.5, 0.6) is 0 Å². The van der Waals surface area contributed by atoms with Crippen LogP contribution < -0.4 is 0 Å². The largest absolute Gasteiger partial charge is 0.299 e. The Balaban J connectivity index is 2.74. The summed E-state index contributed by atoms with van der Waals surface area (Å²) in [6.07, 6.45) is 23.9. The van der Waals surface area contributed by atoms with Gasteiger partial charge in [-0.25, -0.2) is 0 Å². The maximum atomic E-state index is 12.0. The molecule has 0 saturated carbocycles. The molecule has 1 aliphatic rings. The Morgan fingerprint density at radius 3 is 1.93 bits per heavy atom. The minimum atomic E-state index is 0.0477. The highest BCUT2D eigenvalue weighted by Gasteiger charge is 2.30. The number of hydrogen-bond acceptors (Lipinski definition) is 2. The Kier molecular flexibility index (Phi) is 10.0. The van der Waals surface area contributed by atoms with Gasteiger partial charge in [-0.05, 0) is 56.8 Å². The molecule has 1 aliphatic carbocycles. The van der Waals surface area contributed by atoms with Crippen molar-refractivity contribution in [3.63, 3.8) is 0 Å². The maximum Gasteiger partial charge on any atom is 0.158 e. The topological polar surface area (TPSA) is 34.1 Å². The molecular formula is C27H34O2. The zero-order valence-electron chi connectivity index (χ0n) is 18.7. The van der Waals surface area contributed by atoms with Gasteiger partial charge in [0.1, 0.15) is 6.29 Å². The molecule has 0 aromatic heterocycles. The Morgan fingerprint density at radius 2 is 1.34 bits per heavy atom. The fourth-order valence-corrected chi connectivity index (χ4v) is 3.10. The van der Waals surface area contributed by atoms with E-state index in [1.54, 1.807) is 6.08 Å². The number of aldehydes is 1. The smallest absolute Gasteiger partial charge is 0.158 e.